The van der Waals surface area contributed by atoms with Gasteiger partial charge in [0.2, 0.25) is 0 Å². The Bertz CT molecular complexity index is 80.5. The molecule has 0 bridgehead atoms. The summed E-state index contributed by atoms with van der Waals surface area (Å²) in [4.78, 5) is 10.1. The molecule has 0 radical (unpaired) electrons. The van der Waals surface area contributed by atoms with Gasteiger partial charge in [-0.25, -0.2) is 0 Å². The van der Waals surface area contributed by atoms with Crippen molar-refractivity contribution in [3.8, 4) is 0 Å². The summed E-state index contributed by atoms with van der Waals surface area (Å²) in [5.74, 6) is -0.241. The SMILES string of the molecule is C=COC(=O)CC.[Na+]. The van der Waals surface area contributed by atoms with Gasteiger partial charge < -0.3 is 4.74 Å². The molecule has 3 heteroatoms. The molecule has 0 spiro atoms. The van der Waals surface area contributed by atoms with Gasteiger partial charge >= 0.3 is 35.5 Å². The molecule has 0 N–H and O–H groups in total. The molecule has 8 heavy (non-hydrogen) atoms. The van der Waals surface area contributed by atoms with Crippen molar-refractivity contribution in [2.75, 3.05) is 0 Å². The number of esters is 1. The van der Waals surface area contributed by atoms with E-state index in [0.29, 0.717) is 6.42 Å². The van der Waals surface area contributed by atoms with E-state index in [9.17, 15) is 4.79 Å². The first-order chi connectivity index (χ1) is 3.31. The van der Waals surface area contributed by atoms with Crippen molar-refractivity contribution < 1.29 is 39.1 Å². The van der Waals surface area contributed by atoms with Crippen LogP contribution < -0.4 is 29.6 Å². The fourth-order valence-corrected chi connectivity index (χ4v) is 0.176. The van der Waals surface area contributed by atoms with Gasteiger partial charge in [0.05, 0.1) is 6.26 Å². The number of hydrogen-bond donors (Lipinski definition) is 0. The van der Waals surface area contributed by atoms with Crippen LogP contribution in [-0.4, -0.2) is 5.97 Å². The molecular formula is C5H8NaO2+. The van der Waals surface area contributed by atoms with E-state index >= 15 is 0 Å². The molecule has 0 unspecified atom stereocenters. The summed E-state index contributed by atoms with van der Waals surface area (Å²) in [6, 6.07) is 0. The third kappa shape index (κ3) is 6.21. The molecule has 0 aliphatic heterocycles. The van der Waals surface area contributed by atoms with Crippen molar-refractivity contribution >= 4 is 5.97 Å². The minimum absolute atomic E-state index is 0. The molecule has 0 rings (SSSR count). The van der Waals surface area contributed by atoms with Gasteiger partial charge in [-0.2, -0.15) is 0 Å². The molecule has 0 aromatic rings. The van der Waals surface area contributed by atoms with Crippen LogP contribution in [0.1, 0.15) is 13.3 Å². The molecule has 2 nitrogen and oxygen atoms in total. The number of carbonyl (C=O) groups is 1. The Hall–Kier alpha value is 0.210. The van der Waals surface area contributed by atoms with E-state index in [1.54, 1.807) is 6.92 Å². The summed E-state index contributed by atoms with van der Waals surface area (Å²) in [6.07, 6.45) is 1.54. The zero-order valence-electron chi connectivity index (χ0n) is 5.31. The van der Waals surface area contributed by atoms with Gasteiger partial charge in [-0.05, 0) is 0 Å². The summed E-state index contributed by atoms with van der Waals surface area (Å²) in [6.45, 7) is 4.93. The average molecular weight is 123 g/mol. The summed E-state index contributed by atoms with van der Waals surface area (Å²) in [7, 11) is 0. The molecule has 0 atom stereocenters. The van der Waals surface area contributed by atoms with Gasteiger partial charge in [0, 0.05) is 6.42 Å². The quantitative estimate of drug-likeness (QED) is 0.243. The van der Waals surface area contributed by atoms with E-state index in [0.717, 1.165) is 6.26 Å². The van der Waals surface area contributed by atoms with Gasteiger partial charge in [0.1, 0.15) is 0 Å². The first kappa shape index (κ1) is 11.1. The minimum Gasteiger partial charge on any atom is -0.435 e. The second-order valence-electron chi connectivity index (χ2n) is 1.01. The smallest absolute Gasteiger partial charge is 0.435 e. The van der Waals surface area contributed by atoms with Crippen LogP contribution in [-0.2, 0) is 9.53 Å². The zero-order chi connectivity index (χ0) is 5.70. The molecular weight excluding hydrogens is 115 g/mol. The van der Waals surface area contributed by atoms with Gasteiger partial charge in [0.15, 0.2) is 0 Å². The molecule has 0 aliphatic rings. The Morgan fingerprint density at radius 1 is 1.88 bits per heavy atom. The maximum atomic E-state index is 10.1. The summed E-state index contributed by atoms with van der Waals surface area (Å²) in [5, 5.41) is 0. The topological polar surface area (TPSA) is 26.3 Å². The maximum absolute atomic E-state index is 10.1. The maximum Gasteiger partial charge on any atom is 1.00 e. The van der Waals surface area contributed by atoms with Crippen molar-refractivity contribution in [1.82, 2.24) is 0 Å². The summed E-state index contributed by atoms with van der Waals surface area (Å²) < 4.78 is 4.32. The Balaban J connectivity index is 0. The zero-order valence-corrected chi connectivity index (χ0v) is 7.31. The fourth-order valence-electron chi connectivity index (χ4n) is 0.176. The van der Waals surface area contributed by atoms with Gasteiger partial charge in [-0.3, -0.25) is 4.79 Å². The third-order valence-electron chi connectivity index (χ3n) is 0.503. The Labute approximate surface area is 71.2 Å². The third-order valence-corrected chi connectivity index (χ3v) is 0.503. The predicted molar refractivity (Wildman–Crippen MR) is 26.6 cm³/mol. The molecule has 0 amide bonds. The van der Waals surface area contributed by atoms with Gasteiger partial charge in [0.25, 0.3) is 0 Å². The molecule has 0 aliphatic carbocycles. The van der Waals surface area contributed by atoms with Crippen LogP contribution in [0.2, 0.25) is 0 Å². The Kier molecular flexibility index (Phi) is 9.97. The number of carbonyl (C=O) groups excluding carboxylic acids is 1. The van der Waals surface area contributed by atoms with Crippen molar-refractivity contribution in [2.45, 2.75) is 13.3 Å². The Morgan fingerprint density at radius 3 is 2.50 bits per heavy atom. The van der Waals surface area contributed by atoms with Crippen LogP contribution in [0.25, 0.3) is 0 Å². The van der Waals surface area contributed by atoms with Crippen LogP contribution in [0.3, 0.4) is 0 Å². The van der Waals surface area contributed by atoms with E-state index < -0.39 is 0 Å². The number of hydrogen-bond acceptors (Lipinski definition) is 2. The molecule has 0 fully saturated rings. The van der Waals surface area contributed by atoms with Crippen molar-refractivity contribution in [1.29, 1.82) is 0 Å². The first-order valence-electron chi connectivity index (χ1n) is 2.11. The standard InChI is InChI=1S/C5H8O2.Na/c1-3-5(6)7-4-2;/h4H,2-3H2,1H3;/q;+1. The Morgan fingerprint density at radius 2 is 2.38 bits per heavy atom. The average Bonchev–Trinajstić information content (AvgIpc) is 1.68. The molecule has 0 saturated heterocycles. The van der Waals surface area contributed by atoms with Crippen LogP contribution >= 0.6 is 0 Å². The first-order valence-corrected chi connectivity index (χ1v) is 2.11. The predicted octanol–water partition coefficient (Wildman–Crippen LogP) is -1.91. The minimum atomic E-state index is -0.241. The van der Waals surface area contributed by atoms with Crippen molar-refractivity contribution in [3.05, 3.63) is 12.8 Å². The van der Waals surface area contributed by atoms with Crippen LogP contribution in [0.15, 0.2) is 12.8 Å². The fraction of sp³-hybridized carbons (Fsp3) is 0.400. The second-order valence-corrected chi connectivity index (χ2v) is 1.01. The summed E-state index contributed by atoms with van der Waals surface area (Å²) >= 11 is 0. The number of ether oxygens (including phenoxy) is 1. The largest absolute Gasteiger partial charge is 1.00 e. The van der Waals surface area contributed by atoms with E-state index in [-0.39, 0.29) is 35.5 Å². The van der Waals surface area contributed by atoms with Crippen LogP contribution in [0.5, 0.6) is 0 Å². The van der Waals surface area contributed by atoms with E-state index in [2.05, 4.69) is 11.3 Å². The van der Waals surface area contributed by atoms with Crippen LogP contribution in [0.4, 0.5) is 0 Å². The molecule has 0 aromatic heterocycles. The molecule has 40 valence electrons. The molecule has 0 aromatic carbocycles. The van der Waals surface area contributed by atoms with Crippen molar-refractivity contribution in [3.63, 3.8) is 0 Å². The van der Waals surface area contributed by atoms with Crippen molar-refractivity contribution in [2.24, 2.45) is 0 Å². The van der Waals surface area contributed by atoms with E-state index in [1.165, 1.54) is 0 Å². The van der Waals surface area contributed by atoms with Crippen LogP contribution in [0, 0.1) is 0 Å². The molecule has 0 saturated carbocycles. The van der Waals surface area contributed by atoms with Gasteiger partial charge in [-0.1, -0.05) is 13.5 Å². The second kappa shape index (κ2) is 7.21. The number of rotatable bonds is 2. The van der Waals surface area contributed by atoms with Gasteiger partial charge in [-0.15, -0.1) is 0 Å². The van der Waals surface area contributed by atoms with E-state index in [4.69, 9.17) is 0 Å². The molecule has 0 heterocycles. The summed E-state index contributed by atoms with van der Waals surface area (Å²) in [5.41, 5.74) is 0. The van der Waals surface area contributed by atoms with E-state index in [1.807, 2.05) is 0 Å². The monoisotopic (exact) mass is 123 g/mol. The normalized spacial score (nSPS) is 6.62.